The summed E-state index contributed by atoms with van der Waals surface area (Å²) >= 11 is 11.9. The first kappa shape index (κ1) is 20.9. The van der Waals surface area contributed by atoms with E-state index in [0.717, 1.165) is 11.1 Å². The standard InChI is InChI=1S/C22H19Cl2N3O2/c23-20-12-11-18(13-21(20)24)14-25-26-22(28)16-27(15-17-7-3-1-4-8-17)29-19-9-5-2-6-10-19/h1-14H,15-16H2,(H,26,28)/b25-14+. The van der Waals surface area contributed by atoms with Gasteiger partial charge in [0.05, 0.1) is 22.8 Å². The van der Waals surface area contributed by atoms with Gasteiger partial charge < -0.3 is 4.84 Å². The number of amides is 1. The van der Waals surface area contributed by atoms with Gasteiger partial charge in [0.2, 0.25) is 0 Å². The molecule has 0 fully saturated rings. The van der Waals surface area contributed by atoms with Crippen LogP contribution < -0.4 is 10.3 Å². The third-order valence-corrected chi connectivity index (χ3v) is 4.58. The molecule has 7 heteroatoms. The fourth-order valence-corrected chi connectivity index (χ4v) is 2.81. The molecule has 0 aliphatic carbocycles. The van der Waals surface area contributed by atoms with Gasteiger partial charge in [-0.3, -0.25) is 4.79 Å². The third kappa shape index (κ3) is 6.91. The summed E-state index contributed by atoms with van der Waals surface area (Å²) in [6, 6.07) is 24.2. The predicted octanol–water partition coefficient (Wildman–Crippen LogP) is 4.94. The number of hydrazone groups is 1. The van der Waals surface area contributed by atoms with Crippen LogP contribution in [-0.4, -0.2) is 23.7 Å². The molecule has 148 valence electrons. The quantitative estimate of drug-likeness (QED) is 0.409. The molecule has 3 aromatic carbocycles. The smallest absolute Gasteiger partial charge is 0.257 e. The first-order chi connectivity index (χ1) is 14.1. The summed E-state index contributed by atoms with van der Waals surface area (Å²) in [4.78, 5) is 18.2. The van der Waals surface area contributed by atoms with Gasteiger partial charge in [-0.2, -0.15) is 5.10 Å². The van der Waals surface area contributed by atoms with Crippen molar-refractivity contribution >= 4 is 35.3 Å². The van der Waals surface area contributed by atoms with Crippen molar-refractivity contribution in [1.29, 1.82) is 0 Å². The molecule has 0 aliphatic rings. The van der Waals surface area contributed by atoms with Gasteiger partial charge in [-0.15, -0.1) is 5.06 Å². The Bertz CT molecular complexity index is 925. The zero-order valence-electron chi connectivity index (χ0n) is 15.5. The van der Waals surface area contributed by atoms with E-state index in [1.54, 1.807) is 23.3 Å². The fourth-order valence-electron chi connectivity index (χ4n) is 2.50. The van der Waals surface area contributed by atoms with Gasteiger partial charge in [-0.1, -0.05) is 77.8 Å². The molecule has 3 rings (SSSR count). The lowest BCUT2D eigenvalue weighted by molar-refractivity contribution is -0.133. The molecule has 3 aromatic rings. The van der Waals surface area contributed by atoms with Crippen LogP contribution in [0.25, 0.3) is 0 Å². The number of carbonyl (C=O) groups is 1. The zero-order chi connectivity index (χ0) is 20.5. The molecule has 0 spiro atoms. The first-order valence-corrected chi connectivity index (χ1v) is 9.64. The Morgan fingerprint density at radius 1 is 0.966 bits per heavy atom. The van der Waals surface area contributed by atoms with Crippen molar-refractivity contribution in [1.82, 2.24) is 10.5 Å². The number of hydrogen-bond donors (Lipinski definition) is 1. The molecule has 0 bridgehead atoms. The van der Waals surface area contributed by atoms with Crippen molar-refractivity contribution in [2.24, 2.45) is 5.10 Å². The van der Waals surface area contributed by atoms with Crippen LogP contribution in [0.15, 0.2) is 84.0 Å². The predicted molar refractivity (Wildman–Crippen MR) is 116 cm³/mol. The molecular formula is C22H19Cl2N3O2. The molecule has 0 atom stereocenters. The van der Waals surface area contributed by atoms with Crippen LogP contribution in [-0.2, 0) is 11.3 Å². The fraction of sp³-hybridized carbons (Fsp3) is 0.0909. The highest BCUT2D eigenvalue weighted by Crippen LogP contribution is 2.21. The molecule has 0 aliphatic heterocycles. The van der Waals surface area contributed by atoms with Crippen molar-refractivity contribution in [2.45, 2.75) is 6.54 Å². The molecular weight excluding hydrogens is 409 g/mol. The van der Waals surface area contributed by atoms with Crippen LogP contribution in [0.2, 0.25) is 10.0 Å². The lowest BCUT2D eigenvalue weighted by Crippen LogP contribution is -2.37. The second-order valence-corrected chi connectivity index (χ2v) is 6.97. The van der Waals surface area contributed by atoms with Crippen LogP contribution in [0.1, 0.15) is 11.1 Å². The normalized spacial score (nSPS) is 11.0. The summed E-state index contributed by atoms with van der Waals surface area (Å²) in [6.45, 7) is 0.447. The Hall–Kier alpha value is -2.86. The number of carbonyl (C=O) groups excluding carboxylic acids is 1. The first-order valence-electron chi connectivity index (χ1n) is 8.89. The zero-order valence-corrected chi connectivity index (χ0v) is 17.0. The number of rotatable bonds is 8. The molecule has 0 saturated heterocycles. The van der Waals surface area contributed by atoms with Gasteiger partial charge in [-0.25, -0.2) is 5.43 Å². The molecule has 29 heavy (non-hydrogen) atoms. The van der Waals surface area contributed by atoms with E-state index in [2.05, 4.69) is 10.5 Å². The van der Waals surface area contributed by atoms with Crippen molar-refractivity contribution in [3.8, 4) is 5.75 Å². The Kier molecular flexibility index (Phi) is 7.64. The highest BCUT2D eigenvalue weighted by molar-refractivity contribution is 6.42. The molecule has 0 radical (unpaired) electrons. The van der Waals surface area contributed by atoms with Gasteiger partial charge in [0, 0.05) is 0 Å². The third-order valence-electron chi connectivity index (χ3n) is 3.85. The number of para-hydroxylation sites is 1. The molecule has 0 unspecified atom stereocenters. The van der Waals surface area contributed by atoms with E-state index in [4.69, 9.17) is 28.0 Å². The Morgan fingerprint density at radius 2 is 1.66 bits per heavy atom. The highest BCUT2D eigenvalue weighted by Gasteiger charge is 2.13. The number of hydroxylamine groups is 2. The van der Waals surface area contributed by atoms with E-state index in [0.29, 0.717) is 22.3 Å². The number of benzene rings is 3. The van der Waals surface area contributed by atoms with Gasteiger partial charge in [-0.05, 0) is 35.4 Å². The van der Waals surface area contributed by atoms with Crippen LogP contribution in [0.5, 0.6) is 5.75 Å². The van der Waals surface area contributed by atoms with E-state index in [-0.39, 0.29) is 12.5 Å². The summed E-state index contributed by atoms with van der Waals surface area (Å²) in [5.41, 5.74) is 4.25. The Balaban J connectivity index is 1.61. The summed E-state index contributed by atoms with van der Waals surface area (Å²) in [7, 11) is 0. The number of halogens is 2. The minimum absolute atomic E-state index is 0.00248. The maximum Gasteiger partial charge on any atom is 0.257 e. The second-order valence-electron chi connectivity index (χ2n) is 6.15. The minimum Gasteiger partial charge on any atom is -0.405 e. The Morgan fingerprint density at radius 3 is 2.34 bits per heavy atom. The summed E-state index contributed by atoms with van der Waals surface area (Å²) in [5, 5.41) is 6.43. The van der Waals surface area contributed by atoms with Gasteiger partial charge in [0.15, 0.2) is 0 Å². The lowest BCUT2D eigenvalue weighted by Gasteiger charge is -2.21. The summed E-state index contributed by atoms with van der Waals surface area (Å²) in [5.74, 6) is 0.337. The molecule has 1 N–H and O–H groups in total. The average Bonchev–Trinajstić information content (AvgIpc) is 2.72. The minimum atomic E-state index is -0.312. The Labute approximate surface area is 179 Å². The maximum atomic E-state index is 12.4. The summed E-state index contributed by atoms with van der Waals surface area (Å²) < 4.78 is 0. The van der Waals surface area contributed by atoms with Gasteiger partial charge >= 0.3 is 0 Å². The lowest BCUT2D eigenvalue weighted by atomic mass is 10.2. The number of hydrogen-bond acceptors (Lipinski definition) is 4. The molecule has 0 aromatic heterocycles. The van der Waals surface area contributed by atoms with E-state index in [1.807, 2.05) is 60.7 Å². The molecule has 1 amide bonds. The topological polar surface area (TPSA) is 53.9 Å². The van der Waals surface area contributed by atoms with Crippen LogP contribution >= 0.6 is 23.2 Å². The molecule has 0 saturated carbocycles. The SMILES string of the molecule is O=C(CN(Cc1ccccc1)Oc1ccccc1)N/N=C/c1ccc(Cl)c(Cl)c1. The molecule has 5 nitrogen and oxygen atoms in total. The monoisotopic (exact) mass is 427 g/mol. The maximum absolute atomic E-state index is 12.4. The number of nitrogens with zero attached hydrogens (tertiary/aromatic N) is 2. The van der Waals surface area contributed by atoms with Crippen LogP contribution in [0.4, 0.5) is 0 Å². The van der Waals surface area contributed by atoms with E-state index in [9.17, 15) is 4.79 Å². The summed E-state index contributed by atoms with van der Waals surface area (Å²) in [6.07, 6.45) is 1.50. The van der Waals surface area contributed by atoms with Gasteiger partial charge in [0.25, 0.3) is 5.91 Å². The average molecular weight is 428 g/mol. The van der Waals surface area contributed by atoms with Crippen molar-refractivity contribution in [3.05, 3.63) is 100 Å². The van der Waals surface area contributed by atoms with E-state index < -0.39 is 0 Å². The second kappa shape index (κ2) is 10.6. The van der Waals surface area contributed by atoms with Gasteiger partial charge in [0.1, 0.15) is 12.3 Å². The van der Waals surface area contributed by atoms with E-state index in [1.165, 1.54) is 6.21 Å². The van der Waals surface area contributed by atoms with E-state index >= 15 is 0 Å². The van der Waals surface area contributed by atoms with Crippen molar-refractivity contribution in [3.63, 3.8) is 0 Å². The largest absolute Gasteiger partial charge is 0.405 e. The van der Waals surface area contributed by atoms with Crippen LogP contribution in [0, 0.1) is 0 Å². The number of nitrogens with one attached hydrogen (secondary N) is 1. The molecule has 0 heterocycles. The van der Waals surface area contributed by atoms with Crippen LogP contribution in [0.3, 0.4) is 0 Å². The van der Waals surface area contributed by atoms with Crippen molar-refractivity contribution in [2.75, 3.05) is 6.54 Å². The highest BCUT2D eigenvalue weighted by atomic mass is 35.5. The van der Waals surface area contributed by atoms with Crippen molar-refractivity contribution < 1.29 is 9.63 Å².